The van der Waals surface area contributed by atoms with Gasteiger partial charge in [-0.25, -0.2) is 13.4 Å². The fourth-order valence-electron chi connectivity index (χ4n) is 2.72. The van der Waals surface area contributed by atoms with E-state index in [-0.39, 0.29) is 17.0 Å². The monoisotopic (exact) mass is 300 g/mol. The lowest BCUT2D eigenvalue weighted by Gasteiger charge is -2.38. The molecule has 0 saturated carbocycles. The molecular weight excluding hydrogens is 276 g/mol. The van der Waals surface area contributed by atoms with Crippen LogP contribution < -0.4 is 10.6 Å². The molecule has 114 valence electrons. The van der Waals surface area contributed by atoms with Gasteiger partial charge in [0.15, 0.2) is 0 Å². The topological polar surface area (TPSA) is 80.4 Å². The molecule has 2 heterocycles. The molecule has 3 N–H and O–H groups in total. The Balaban J connectivity index is 2.21. The van der Waals surface area contributed by atoms with Gasteiger partial charge in [0.1, 0.15) is 4.90 Å². The van der Waals surface area contributed by atoms with E-state index in [0.717, 1.165) is 25.0 Å². The number of aromatic nitrogens is 1. The van der Waals surface area contributed by atoms with Gasteiger partial charge in [-0.1, -0.05) is 6.42 Å². The Morgan fingerprint density at radius 1 is 1.35 bits per heavy atom. The Morgan fingerprint density at radius 2 is 1.95 bits per heavy atom. The van der Waals surface area contributed by atoms with Gasteiger partial charge < -0.3 is 10.3 Å². The smallest absolute Gasteiger partial charge is 0.254 e. The normalized spacial score (nSPS) is 25.0. The van der Waals surface area contributed by atoms with Crippen LogP contribution in [0.25, 0.3) is 0 Å². The van der Waals surface area contributed by atoms with Crippen molar-refractivity contribution in [3.05, 3.63) is 18.0 Å². The summed E-state index contributed by atoms with van der Waals surface area (Å²) in [5.41, 5.74) is 6.39. The van der Waals surface area contributed by atoms with E-state index in [2.05, 4.69) is 18.7 Å². The highest BCUT2D eigenvalue weighted by Crippen LogP contribution is 2.22. The molecule has 0 bridgehead atoms. The lowest BCUT2D eigenvalue weighted by molar-refractivity contribution is 0.0790. The van der Waals surface area contributed by atoms with E-state index in [0.29, 0.717) is 6.54 Å². The van der Waals surface area contributed by atoms with Crippen molar-refractivity contribution in [2.75, 3.05) is 0 Å². The molecule has 0 radical (unpaired) electrons. The Bertz CT molecular complexity index is 557. The lowest BCUT2D eigenvalue weighted by Crippen LogP contribution is -2.53. The lowest BCUT2D eigenvalue weighted by atomic mass is 10.0. The summed E-state index contributed by atoms with van der Waals surface area (Å²) in [6.45, 7) is 4.42. The number of hydrazine groups is 1. The number of nitrogens with zero attached hydrogens (tertiary/aromatic N) is 2. The van der Waals surface area contributed by atoms with Crippen LogP contribution >= 0.6 is 0 Å². The van der Waals surface area contributed by atoms with Crippen LogP contribution in [0, 0.1) is 0 Å². The average molecular weight is 300 g/mol. The molecule has 1 saturated heterocycles. The van der Waals surface area contributed by atoms with E-state index in [1.807, 2.05) is 5.01 Å². The molecule has 2 rings (SSSR count). The molecule has 0 aliphatic carbocycles. The first-order valence-corrected chi connectivity index (χ1v) is 8.49. The first-order valence-electron chi connectivity index (χ1n) is 7.01. The molecule has 2 unspecified atom stereocenters. The molecule has 6 nitrogen and oxygen atoms in total. The Kier molecular flexibility index (Phi) is 4.53. The summed E-state index contributed by atoms with van der Waals surface area (Å²) in [7, 11) is -1.74. The Labute approximate surface area is 121 Å². The molecular formula is C13H24N4O2S. The average Bonchev–Trinajstić information content (AvgIpc) is 2.76. The molecule has 1 fully saturated rings. The maximum absolute atomic E-state index is 12.5. The van der Waals surface area contributed by atoms with Crippen LogP contribution in [-0.4, -0.2) is 30.1 Å². The van der Waals surface area contributed by atoms with Crippen LogP contribution in [0.3, 0.4) is 0 Å². The van der Waals surface area contributed by atoms with E-state index >= 15 is 0 Å². The van der Waals surface area contributed by atoms with Gasteiger partial charge in [-0.2, -0.15) is 0 Å². The highest BCUT2D eigenvalue weighted by Gasteiger charge is 2.29. The molecule has 1 aliphatic rings. The van der Waals surface area contributed by atoms with Crippen LogP contribution in [0.1, 0.15) is 38.8 Å². The van der Waals surface area contributed by atoms with Gasteiger partial charge in [-0.3, -0.25) is 0 Å². The number of hydrogen-bond acceptors (Lipinski definition) is 4. The maximum atomic E-state index is 12.5. The summed E-state index contributed by atoms with van der Waals surface area (Å²) >= 11 is 0. The van der Waals surface area contributed by atoms with Crippen molar-refractivity contribution >= 4 is 10.0 Å². The van der Waals surface area contributed by atoms with Crippen molar-refractivity contribution in [1.29, 1.82) is 0 Å². The Hall–Kier alpha value is -0.890. The number of nitrogens with two attached hydrogens (primary N) is 1. The van der Waals surface area contributed by atoms with Gasteiger partial charge in [0.2, 0.25) is 0 Å². The summed E-state index contributed by atoms with van der Waals surface area (Å²) in [6, 6.07) is 2.05. The predicted molar refractivity (Wildman–Crippen MR) is 78.2 cm³/mol. The quantitative estimate of drug-likeness (QED) is 0.867. The van der Waals surface area contributed by atoms with Crippen molar-refractivity contribution in [3.63, 3.8) is 0 Å². The number of hydrogen-bond donors (Lipinski definition) is 2. The summed E-state index contributed by atoms with van der Waals surface area (Å²) in [5.74, 6) is 0. The van der Waals surface area contributed by atoms with Crippen LogP contribution in [0.2, 0.25) is 0 Å². The zero-order valence-electron chi connectivity index (χ0n) is 12.3. The highest BCUT2D eigenvalue weighted by atomic mass is 32.2. The SMILES string of the molecule is CC1CCCC(C)N1NS(=O)(=O)c1cc(CN)n(C)c1. The first-order chi connectivity index (χ1) is 9.35. The molecule has 2 atom stereocenters. The third kappa shape index (κ3) is 3.06. The minimum atomic E-state index is -3.54. The zero-order valence-corrected chi connectivity index (χ0v) is 13.2. The minimum Gasteiger partial charge on any atom is -0.352 e. The third-order valence-electron chi connectivity index (χ3n) is 4.02. The first kappa shape index (κ1) is 15.5. The van der Waals surface area contributed by atoms with Gasteiger partial charge in [-0.15, -0.1) is 4.83 Å². The fourth-order valence-corrected chi connectivity index (χ4v) is 4.05. The van der Waals surface area contributed by atoms with Gasteiger partial charge >= 0.3 is 0 Å². The minimum absolute atomic E-state index is 0.214. The van der Waals surface area contributed by atoms with Crippen LogP contribution in [0.15, 0.2) is 17.2 Å². The second-order valence-electron chi connectivity index (χ2n) is 5.61. The van der Waals surface area contributed by atoms with Gasteiger partial charge in [0, 0.05) is 37.6 Å². The van der Waals surface area contributed by atoms with Crippen molar-refractivity contribution in [3.8, 4) is 0 Å². The fraction of sp³-hybridized carbons (Fsp3) is 0.692. The van der Waals surface area contributed by atoms with E-state index in [9.17, 15) is 8.42 Å². The van der Waals surface area contributed by atoms with Crippen molar-refractivity contribution in [2.45, 2.75) is 56.6 Å². The number of piperidine rings is 1. The highest BCUT2D eigenvalue weighted by molar-refractivity contribution is 7.89. The summed E-state index contributed by atoms with van der Waals surface area (Å²) in [4.78, 5) is 3.00. The van der Waals surface area contributed by atoms with E-state index < -0.39 is 10.0 Å². The largest absolute Gasteiger partial charge is 0.352 e. The van der Waals surface area contributed by atoms with Crippen molar-refractivity contribution in [1.82, 2.24) is 14.4 Å². The van der Waals surface area contributed by atoms with Crippen LogP contribution in [0.5, 0.6) is 0 Å². The molecule has 0 spiro atoms. The van der Waals surface area contributed by atoms with Crippen LogP contribution in [0.4, 0.5) is 0 Å². The van der Waals surface area contributed by atoms with Crippen molar-refractivity contribution < 1.29 is 8.42 Å². The second-order valence-corrected chi connectivity index (χ2v) is 7.27. The standard InChI is InChI=1S/C13H24N4O2S/c1-10-5-4-6-11(2)17(10)15-20(18,19)13-7-12(8-14)16(3)9-13/h7,9-11,15H,4-6,8,14H2,1-3H3. The van der Waals surface area contributed by atoms with Gasteiger partial charge in [0.25, 0.3) is 10.0 Å². The molecule has 7 heteroatoms. The molecule has 20 heavy (non-hydrogen) atoms. The molecule has 0 amide bonds. The molecule has 0 aromatic carbocycles. The van der Waals surface area contributed by atoms with E-state index in [4.69, 9.17) is 5.73 Å². The van der Waals surface area contributed by atoms with E-state index in [1.165, 1.54) is 0 Å². The van der Waals surface area contributed by atoms with Gasteiger partial charge in [-0.05, 0) is 32.8 Å². The third-order valence-corrected chi connectivity index (χ3v) is 5.32. The molecule has 1 aromatic heterocycles. The number of nitrogens with one attached hydrogen (secondary N) is 1. The maximum Gasteiger partial charge on any atom is 0.254 e. The molecule has 1 aliphatic heterocycles. The van der Waals surface area contributed by atoms with E-state index in [1.54, 1.807) is 23.9 Å². The zero-order chi connectivity index (χ0) is 14.9. The second kappa shape index (κ2) is 5.85. The van der Waals surface area contributed by atoms with Crippen molar-refractivity contribution in [2.24, 2.45) is 12.8 Å². The van der Waals surface area contributed by atoms with Crippen LogP contribution in [-0.2, 0) is 23.6 Å². The summed E-state index contributed by atoms with van der Waals surface area (Å²) in [5, 5.41) is 1.86. The number of sulfonamides is 1. The number of rotatable bonds is 4. The number of aryl methyl sites for hydroxylation is 1. The Morgan fingerprint density at radius 3 is 2.45 bits per heavy atom. The predicted octanol–water partition coefficient (Wildman–Crippen LogP) is 0.940. The van der Waals surface area contributed by atoms with Gasteiger partial charge in [0.05, 0.1) is 0 Å². The summed E-state index contributed by atoms with van der Waals surface area (Å²) in [6.07, 6.45) is 4.76. The molecule has 1 aromatic rings. The summed E-state index contributed by atoms with van der Waals surface area (Å²) < 4.78 is 26.7.